The van der Waals surface area contributed by atoms with Gasteiger partial charge in [0.05, 0.1) is 11.2 Å². The van der Waals surface area contributed by atoms with Gasteiger partial charge >= 0.3 is 0 Å². The molecule has 0 N–H and O–H groups in total. The molecule has 1 atom stereocenters. The van der Waals surface area contributed by atoms with Gasteiger partial charge in [0.25, 0.3) is 0 Å². The van der Waals surface area contributed by atoms with Crippen LogP contribution in [0.25, 0.3) is 16.6 Å². The molecule has 1 aliphatic heterocycles. The first kappa shape index (κ1) is 12.6. The van der Waals surface area contributed by atoms with Crippen molar-refractivity contribution < 1.29 is 0 Å². The van der Waals surface area contributed by atoms with Crippen LogP contribution < -0.4 is 4.90 Å². The van der Waals surface area contributed by atoms with E-state index in [4.69, 9.17) is 4.98 Å². The van der Waals surface area contributed by atoms with E-state index in [2.05, 4.69) is 47.3 Å². The zero-order valence-corrected chi connectivity index (χ0v) is 12.6. The molecule has 4 heteroatoms. The summed E-state index contributed by atoms with van der Waals surface area (Å²) in [6.07, 6.45) is 3.83. The number of para-hydroxylation sites is 1. The fourth-order valence-corrected chi connectivity index (χ4v) is 3.39. The minimum atomic E-state index is 0.557. The molecule has 1 aromatic carbocycles. The summed E-state index contributed by atoms with van der Waals surface area (Å²) < 4.78 is 1.96. The molecule has 0 amide bonds. The van der Waals surface area contributed by atoms with Crippen LogP contribution in [-0.2, 0) is 0 Å². The van der Waals surface area contributed by atoms with Crippen molar-refractivity contribution >= 4 is 22.4 Å². The molecule has 108 valence electrons. The lowest BCUT2D eigenvalue weighted by atomic mass is 10.0. The normalized spacial score (nSPS) is 19.5. The maximum Gasteiger partial charge on any atom is 0.158 e. The van der Waals surface area contributed by atoms with Crippen LogP contribution in [-0.4, -0.2) is 27.2 Å². The van der Waals surface area contributed by atoms with Gasteiger partial charge in [0.2, 0.25) is 0 Å². The molecule has 1 fully saturated rings. The number of aryl methyl sites for hydroxylation is 1. The predicted octanol–water partition coefficient (Wildman–Crippen LogP) is 3.57. The summed E-state index contributed by atoms with van der Waals surface area (Å²) in [4.78, 5) is 7.39. The van der Waals surface area contributed by atoms with Crippen LogP contribution >= 0.6 is 0 Å². The highest BCUT2D eigenvalue weighted by atomic mass is 15.3. The molecular weight excluding hydrogens is 260 g/mol. The number of hydrogen-bond donors (Lipinski definition) is 0. The number of piperidine rings is 1. The van der Waals surface area contributed by atoms with Gasteiger partial charge in [-0.3, -0.25) is 0 Å². The van der Waals surface area contributed by atoms with Gasteiger partial charge in [-0.2, -0.15) is 5.10 Å². The van der Waals surface area contributed by atoms with Crippen LogP contribution in [0.15, 0.2) is 30.3 Å². The Morgan fingerprint density at radius 1 is 1.19 bits per heavy atom. The van der Waals surface area contributed by atoms with Gasteiger partial charge in [-0.25, -0.2) is 9.50 Å². The van der Waals surface area contributed by atoms with Crippen molar-refractivity contribution in [2.24, 2.45) is 0 Å². The number of hydrogen-bond acceptors (Lipinski definition) is 3. The highest BCUT2D eigenvalue weighted by molar-refractivity contribution is 5.91. The number of fused-ring (bicyclic) bond motifs is 3. The maximum absolute atomic E-state index is 4.92. The Morgan fingerprint density at radius 2 is 2.05 bits per heavy atom. The molecule has 0 saturated carbocycles. The molecule has 0 aliphatic carbocycles. The molecule has 0 bridgehead atoms. The zero-order chi connectivity index (χ0) is 14.4. The monoisotopic (exact) mass is 280 g/mol. The van der Waals surface area contributed by atoms with E-state index < -0.39 is 0 Å². The van der Waals surface area contributed by atoms with Crippen molar-refractivity contribution in [1.82, 2.24) is 14.6 Å². The zero-order valence-electron chi connectivity index (χ0n) is 12.6. The average Bonchev–Trinajstić information content (AvgIpc) is 2.88. The lowest BCUT2D eigenvalue weighted by molar-refractivity contribution is 0.482. The molecule has 4 nitrogen and oxygen atoms in total. The summed E-state index contributed by atoms with van der Waals surface area (Å²) in [5, 5.41) is 5.78. The van der Waals surface area contributed by atoms with Gasteiger partial charge in [0, 0.05) is 24.0 Å². The molecule has 4 rings (SSSR count). The van der Waals surface area contributed by atoms with Crippen molar-refractivity contribution in [3.63, 3.8) is 0 Å². The largest absolute Gasteiger partial charge is 0.353 e. The summed E-state index contributed by atoms with van der Waals surface area (Å²) in [5.74, 6) is 1.12. The number of benzene rings is 1. The summed E-state index contributed by atoms with van der Waals surface area (Å²) in [7, 11) is 0. The molecule has 21 heavy (non-hydrogen) atoms. The minimum absolute atomic E-state index is 0.557. The van der Waals surface area contributed by atoms with Gasteiger partial charge < -0.3 is 4.90 Å². The lowest BCUT2D eigenvalue weighted by Gasteiger charge is -2.35. The summed E-state index contributed by atoms with van der Waals surface area (Å²) in [6, 6.07) is 11.1. The van der Waals surface area contributed by atoms with Gasteiger partial charge in [0.15, 0.2) is 5.65 Å². The van der Waals surface area contributed by atoms with Gasteiger partial charge in [-0.1, -0.05) is 12.1 Å². The van der Waals surface area contributed by atoms with Crippen LogP contribution in [0.3, 0.4) is 0 Å². The Balaban J connectivity index is 2.01. The Labute approximate surface area is 124 Å². The van der Waals surface area contributed by atoms with E-state index in [0.29, 0.717) is 6.04 Å². The molecule has 3 aromatic rings. The van der Waals surface area contributed by atoms with Gasteiger partial charge in [-0.05, 0) is 45.2 Å². The molecular formula is C17H20N4. The van der Waals surface area contributed by atoms with Crippen LogP contribution in [0.5, 0.6) is 0 Å². The van der Waals surface area contributed by atoms with Gasteiger partial charge in [0.1, 0.15) is 5.82 Å². The third kappa shape index (κ3) is 1.97. The Hall–Kier alpha value is -2.10. The summed E-state index contributed by atoms with van der Waals surface area (Å²) in [6.45, 7) is 5.43. The summed E-state index contributed by atoms with van der Waals surface area (Å²) >= 11 is 0. The van der Waals surface area contributed by atoms with E-state index in [1.54, 1.807) is 0 Å². The van der Waals surface area contributed by atoms with E-state index in [1.165, 1.54) is 24.6 Å². The lowest BCUT2D eigenvalue weighted by Crippen LogP contribution is -2.38. The quantitative estimate of drug-likeness (QED) is 0.683. The smallest absolute Gasteiger partial charge is 0.158 e. The number of anilines is 1. The molecule has 2 aromatic heterocycles. The number of nitrogens with zero attached hydrogens (tertiary/aromatic N) is 4. The molecule has 1 saturated heterocycles. The SMILES string of the molecule is Cc1cc2nc(N3CCCC[C@@H]3C)c3ccccc3n2n1. The highest BCUT2D eigenvalue weighted by Crippen LogP contribution is 2.30. The molecule has 1 aliphatic rings. The second-order valence-corrected chi connectivity index (χ2v) is 6.05. The van der Waals surface area contributed by atoms with E-state index >= 15 is 0 Å². The van der Waals surface area contributed by atoms with E-state index in [1.807, 2.05) is 11.4 Å². The number of aromatic nitrogens is 3. The van der Waals surface area contributed by atoms with Crippen molar-refractivity contribution in [2.75, 3.05) is 11.4 Å². The first-order chi connectivity index (χ1) is 10.2. The standard InChI is InChI=1S/C17H20N4/c1-12-11-16-18-17(20-10-6-5-7-13(20)2)14-8-3-4-9-15(14)21(16)19-12/h3-4,8-9,11,13H,5-7,10H2,1-2H3/t13-/m0/s1. The topological polar surface area (TPSA) is 33.4 Å². The van der Waals surface area contributed by atoms with Crippen LogP contribution in [0.2, 0.25) is 0 Å². The Bertz CT molecular complexity index is 805. The van der Waals surface area contributed by atoms with E-state index in [-0.39, 0.29) is 0 Å². The Morgan fingerprint density at radius 3 is 2.90 bits per heavy atom. The summed E-state index contributed by atoms with van der Waals surface area (Å²) in [5.41, 5.74) is 3.10. The van der Waals surface area contributed by atoms with Crippen LogP contribution in [0, 0.1) is 6.92 Å². The third-order valence-electron chi connectivity index (χ3n) is 4.48. The van der Waals surface area contributed by atoms with Crippen molar-refractivity contribution in [2.45, 2.75) is 39.2 Å². The molecule has 3 heterocycles. The minimum Gasteiger partial charge on any atom is -0.353 e. The van der Waals surface area contributed by atoms with Crippen molar-refractivity contribution in [3.05, 3.63) is 36.0 Å². The number of rotatable bonds is 1. The predicted molar refractivity (Wildman–Crippen MR) is 85.9 cm³/mol. The third-order valence-corrected chi connectivity index (χ3v) is 4.48. The fourth-order valence-electron chi connectivity index (χ4n) is 3.39. The first-order valence-corrected chi connectivity index (χ1v) is 7.76. The second kappa shape index (κ2) is 4.72. The van der Waals surface area contributed by atoms with Crippen molar-refractivity contribution in [3.8, 4) is 0 Å². The first-order valence-electron chi connectivity index (χ1n) is 7.76. The second-order valence-electron chi connectivity index (χ2n) is 6.05. The average molecular weight is 280 g/mol. The van der Waals surface area contributed by atoms with E-state index in [9.17, 15) is 0 Å². The van der Waals surface area contributed by atoms with Crippen LogP contribution in [0.1, 0.15) is 31.9 Å². The Kier molecular flexibility index (Phi) is 2.84. The van der Waals surface area contributed by atoms with E-state index in [0.717, 1.165) is 29.2 Å². The molecule has 0 radical (unpaired) electrons. The molecule has 0 spiro atoms. The maximum atomic E-state index is 4.92. The van der Waals surface area contributed by atoms with Crippen LogP contribution in [0.4, 0.5) is 5.82 Å². The van der Waals surface area contributed by atoms with Crippen molar-refractivity contribution in [1.29, 1.82) is 0 Å². The highest BCUT2D eigenvalue weighted by Gasteiger charge is 2.22. The fraction of sp³-hybridized carbons (Fsp3) is 0.412. The van der Waals surface area contributed by atoms with Gasteiger partial charge in [-0.15, -0.1) is 0 Å². The molecule has 0 unspecified atom stereocenters.